The molecule has 1 atom stereocenters. The minimum Gasteiger partial charge on any atom is -0.546 e. The summed E-state index contributed by atoms with van der Waals surface area (Å²) in [6, 6.07) is 12.5. The Morgan fingerprint density at radius 2 is 1.83 bits per heavy atom. The molecule has 124 valence electrons. The predicted octanol–water partition coefficient (Wildman–Crippen LogP) is 1.56. The molecule has 8 nitrogen and oxygen atoms in total. The number of non-ortho nitro benzene ring substituents is 1. The molecule has 0 saturated heterocycles. The minimum absolute atomic E-state index is 0.00547. The van der Waals surface area contributed by atoms with E-state index in [2.05, 4.69) is 10.5 Å². The van der Waals surface area contributed by atoms with Gasteiger partial charge < -0.3 is 14.6 Å². The van der Waals surface area contributed by atoms with Crippen LogP contribution in [0.5, 0.6) is 5.75 Å². The zero-order valence-electron chi connectivity index (χ0n) is 12.7. The number of benzene rings is 2. The first-order chi connectivity index (χ1) is 11.5. The van der Waals surface area contributed by atoms with Crippen molar-refractivity contribution in [2.45, 2.75) is 13.0 Å². The number of aliphatic carboxylic acids is 1. The average Bonchev–Trinajstić information content (AvgIpc) is 2.56. The van der Waals surface area contributed by atoms with E-state index in [4.69, 9.17) is 4.74 Å². The molecule has 2 rings (SSSR count). The lowest BCUT2D eigenvalue weighted by atomic mass is 10.2. The lowest BCUT2D eigenvalue weighted by Gasteiger charge is -2.15. The molecular weight excluding hydrogens is 314 g/mol. The number of rotatable bonds is 7. The van der Waals surface area contributed by atoms with Gasteiger partial charge in [0.15, 0.2) is 0 Å². The van der Waals surface area contributed by atoms with Crippen molar-refractivity contribution < 1.29 is 19.6 Å². The highest BCUT2D eigenvalue weighted by molar-refractivity contribution is 5.80. The Morgan fingerprint density at radius 1 is 1.21 bits per heavy atom. The molecule has 2 aromatic rings. The van der Waals surface area contributed by atoms with Crippen LogP contribution < -0.4 is 15.3 Å². The number of anilines is 1. The molecule has 0 aliphatic rings. The number of carbonyl (C=O) groups excluding carboxylic acids is 1. The summed E-state index contributed by atoms with van der Waals surface area (Å²) in [4.78, 5) is 20.7. The maximum atomic E-state index is 10.6. The maximum absolute atomic E-state index is 10.6. The van der Waals surface area contributed by atoms with Gasteiger partial charge in [0, 0.05) is 12.1 Å². The van der Waals surface area contributed by atoms with Crippen molar-refractivity contribution >= 4 is 23.6 Å². The molecule has 0 heterocycles. The molecule has 0 aliphatic heterocycles. The summed E-state index contributed by atoms with van der Waals surface area (Å²) in [7, 11) is 0. The van der Waals surface area contributed by atoms with E-state index < -0.39 is 17.0 Å². The number of nitro groups is 1. The molecular formula is C16H14N3O5-. The third kappa shape index (κ3) is 4.80. The van der Waals surface area contributed by atoms with E-state index in [9.17, 15) is 20.0 Å². The number of carbonyl (C=O) groups is 1. The third-order valence-electron chi connectivity index (χ3n) is 3.01. The number of nitrogens with one attached hydrogen (secondary N) is 1. The van der Waals surface area contributed by atoms with E-state index in [1.807, 2.05) is 0 Å². The molecule has 0 radical (unpaired) electrons. The highest BCUT2D eigenvalue weighted by Gasteiger charge is 2.04. The van der Waals surface area contributed by atoms with Gasteiger partial charge in [-0.1, -0.05) is 0 Å². The molecule has 0 aliphatic carbocycles. The first-order valence-corrected chi connectivity index (χ1v) is 6.97. The van der Waals surface area contributed by atoms with E-state index >= 15 is 0 Å². The molecule has 0 fully saturated rings. The lowest BCUT2D eigenvalue weighted by molar-refractivity contribution is -0.384. The van der Waals surface area contributed by atoms with Gasteiger partial charge in [0.05, 0.1) is 22.8 Å². The van der Waals surface area contributed by atoms with Crippen LogP contribution in [0.4, 0.5) is 11.4 Å². The summed E-state index contributed by atoms with van der Waals surface area (Å²) in [5, 5.41) is 25.2. The number of carboxylic acid groups (broad SMARTS) is 1. The van der Waals surface area contributed by atoms with Gasteiger partial charge in [-0.25, -0.2) is 0 Å². The van der Waals surface area contributed by atoms with Gasteiger partial charge in [0.2, 0.25) is 0 Å². The molecule has 0 unspecified atom stereocenters. The summed E-state index contributed by atoms with van der Waals surface area (Å²) in [6.45, 7) is 1.39. The van der Waals surface area contributed by atoms with Crippen molar-refractivity contribution in [2.24, 2.45) is 5.10 Å². The van der Waals surface area contributed by atoms with Crippen LogP contribution in [-0.4, -0.2) is 23.2 Å². The van der Waals surface area contributed by atoms with Crippen LogP contribution in [0.2, 0.25) is 0 Å². The van der Waals surface area contributed by atoms with Crippen molar-refractivity contribution in [1.29, 1.82) is 0 Å². The van der Waals surface area contributed by atoms with Gasteiger partial charge in [0.25, 0.3) is 5.69 Å². The largest absolute Gasteiger partial charge is 0.546 e. The number of carboxylic acids is 1. The monoisotopic (exact) mass is 328 g/mol. The van der Waals surface area contributed by atoms with Gasteiger partial charge in [-0.3, -0.25) is 15.5 Å². The maximum Gasteiger partial charge on any atom is 0.269 e. The van der Waals surface area contributed by atoms with Crippen molar-refractivity contribution in [1.82, 2.24) is 0 Å². The van der Waals surface area contributed by atoms with Crippen molar-refractivity contribution in [3.05, 3.63) is 64.2 Å². The third-order valence-corrected chi connectivity index (χ3v) is 3.01. The fourth-order valence-electron chi connectivity index (χ4n) is 1.72. The average molecular weight is 328 g/mol. The number of nitrogens with zero attached hydrogens (tertiary/aromatic N) is 2. The Labute approximate surface area is 137 Å². The number of hydrogen-bond donors (Lipinski definition) is 1. The zero-order chi connectivity index (χ0) is 17.5. The first-order valence-electron chi connectivity index (χ1n) is 6.97. The van der Waals surface area contributed by atoms with Crippen LogP contribution in [-0.2, 0) is 4.79 Å². The first kappa shape index (κ1) is 16.9. The SMILES string of the molecule is C[C@@H](Oc1ccc(/C=N\Nc2ccc([N+](=O)[O-])cc2)cc1)C(=O)[O-]. The second kappa shape index (κ2) is 7.73. The summed E-state index contributed by atoms with van der Waals surface area (Å²) in [5.41, 5.74) is 4.13. The summed E-state index contributed by atoms with van der Waals surface area (Å²) >= 11 is 0. The zero-order valence-corrected chi connectivity index (χ0v) is 12.7. The quantitative estimate of drug-likeness (QED) is 0.468. The molecule has 0 bridgehead atoms. The molecule has 0 saturated carbocycles. The van der Waals surface area contributed by atoms with Crippen molar-refractivity contribution in [3.8, 4) is 5.75 Å². The summed E-state index contributed by atoms with van der Waals surface area (Å²) < 4.78 is 5.16. The molecule has 2 aromatic carbocycles. The lowest BCUT2D eigenvalue weighted by Crippen LogP contribution is -2.37. The molecule has 1 N–H and O–H groups in total. The van der Waals surface area contributed by atoms with E-state index in [1.165, 1.54) is 19.1 Å². The van der Waals surface area contributed by atoms with Crippen LogP contribution in [0, 0.1) is 10.1 Å². The summed E-state index contributed by atoms with van der Waals surface area (Å²) in [6.07, 6.45) is 0.515. The van der Waals surface area contributed by atoms with Crippen LogP contribution in [0.3, 0.4) is 0 Å². The van der Waals surface area contributed by atoms with Crippen LogP contribution in [0.25, 0.3) is 0 Å². The molecule has 0 spiro atoms. The van der Waals surface area contributed by atoms with Gasteiger partial charge in [-0.15, -0.1) is 0 Å². The second-order valence-electron chi connectivity index (χ2n) is 4.82. The Morgan fingerprint density at radius 3 is 2.38 bits per heavy atom. The van der Waals surface area contributed by atoms with E-state index in [0.29, 0.717) is 11.4 Å². The smallest absolute Gasteiger partial charge is 0.269 e. The Balaban J connectivity index is 1.92. The predicted molar refractivity (Wildman–Crippen MR) is 85.9 cm³/mol. The Bertz CT molecular complexity index is 741. The second-order valence-corrected chi connectivity index (χ2v) is 4.82. The van der Waals surface area contributed by atoms with Crippen LogP contribution >= 0.6 is 0 Å². The normalized spacial score (nSPS) is 11.9. The summed E-state index contributed by atoms with van der Waals surface area (Å²) in [5.74, 6) is -0.875. The molecule has 0 amide bonds. The van der Waals surface area contributed by atoms with Gasteiger partial charge in [0.1, 0.15) is 11.9 Å². The molecule has 0 aromatic heterocycles. The standard InChI is InChI=1S/C16H15N3O5/c1-11(16(20)21)24-15-8-2-12(3-9-15)10-17-18-13-4-6-14(7-5-13)19(22)23/h2-11,18H,1H3,(H,20,21)/p-1/b17-10-/t11-/m1/s1. The van der Waals surface area contributed by atoms with Crippen molar-refractivity contribution in [2.75, 3.05) is 5.43 Å². The van der Waals surface area contributed by atoms with Crippen LogP contribution in [0.1, 0.15) is 12.5 Å². The fourth-order valence-corrected chi connectivity index (χ4v) is 1.72. The van der Waals surface area contributed by atoms with Gasteiger partial charge in [-0.05, 0) is 48.9 Å². The van der Waals surface area contributed by atoms with Gasteiger partial charge >= 0.3 is 0 Å². The highest BCUT2D eigenvalue weighted by Crippen LogP contribution is 2.16. The molecule has 24 heavy (non-hydrogen) atoms. The van der Waals surface area contributed by atoms with E-state index in [0.717, 1.165) is 5.56 Å². The van der Waals surface area contributed by atoms with Crippen LogP contribution in [0.15, 0.2) is 53.6 Å². The number of hydrazone groups is 1. The Hall–Kier alpha value is -3.42. The van der Waals surface area contributed by atoms with Crippen molar-refractivity contribution in [3.63, 3.8) is 0 Å². The van der Waals surface area contributed by atoms with E-state index in [-0.39, 0.29) is 5.69 Å². The highest BCUT2D eigenvalue weighted by atomic mass is 16.6. The Kier molecular flexibility index (Phi) is 5.45. The minimum atomic E-state index is -1.28. The molecule has 8 heteroatoms. The number of ether oxygens (including phenoxy) is 1. The fraction of sp³-hybridized carbons (Fsp3) is 0.125. The van der Waals surface area contributed by atoms with E-state index in [1.54, 1.807) is 42.6 Å². The number of hydrogen-bond acceptors (Lipinski definition) is 7. The number of nitro benzene ring substituents is 1. The van der Waals surface area contributed by atoms with Gasteiger partial charge in [-0.2, -0.15) is 5.10 Å². The topological polar surface area (TPSA) is 117 Å².